The van der Waals surface area contributed by atoms with Gasteiger partial charge >= 0.3 is 0 Å². The second-order valence-electron chi connectivity index (χ2n) is 7.19. The molecule has 0 heterocycles. The van der Waals surface area contributed by atoms with Gasteiger partial charge in [-0.15, -0.1) is 0 Å². The summed E-state index contributed by atoms with van der Waals surface area (Å²) in [5.41, 5.74) is 4.22. The largest absolute Gasteiger partial charge is 0.484 e. The number of hydrogen-bond acceptors (Lipinski definition) is 4. The predicted octanol–water partition coefficient (Wildman–Crippen LogP) is 4.68. The van der Waals surface area contributed by atoms with Gasteiger partial charge in [0.15, 0.2) is 6.61 Å². The van der Waals surface area contributed by atoms with Crippen molar-refractivity contribution in [2.75, 3.05) is 16.6 Å². The van der Waals surface area contributed by atoms with Crippen molar-refractivity contribution in [3.63, 3.8) is 0 Å². The molecule has 6 nitrogen and oxygen atoms in total. The molecule has 0 aliphatic heterocycles. The molecule has 0 saturated carbocycles. The lowest BCUT2D eigenvalue weighted by molar-refractivity contribution is -0.118. The van der Waals surface area contributed by atoms with E-state index in [1.54, 1.807) is 12.1 Å². The Hall–Kier alpha value is -3.32. The number of carbonyl (C=O) groups excluding carboxylic acids is 1. The van der Waals surface area contributed by atoms with E-state index >= 15 is 0 Å². The minimum atomic E-state index is -3.72. The lowest BCUT2D eigenvalue weighted by Crippen LogP contribution is -2.21. The lowest BCUT2D eigenvalue weighted by Gasteiger charge is -2.14. The third kappa shape index (κ3) is 5.64. The molecule has 3 aromatic rings. The molecular weight excluding hydrogens is 412 g/mol. The van der Waals surface area contributed by atoms with Crippen LogP contribution in [0.15, 0.2) is 71.6 Å². The zero-order chi connectivity index (χ0) is 22.4. The number of ether oxygens (including phenoxy) is 1. The summed E-state index contributed by atoms with van der Waals surface area (Å²) < 4.78 is 33.3. The molecule has 0 aliphatic rings. The predicted molar refractivity (Wildman–Crippen MR) is 123 cm³/mol. The van der Waals surface area contributed by atoms with Gasteiger partial charge in [-0.25, -0.2) is 8.42 Å². The number of hydrogen-bond donors (Lipinski definition) is 2. The molecule has 3 aromatic carbocycles. The summed E-state index contributed by atoms with van der Waals surface area (Å²) in [5, 5.41) is 2.90. The Bertz CT molecular complexity index is 1170. The topological polar surface area (TPSA) is 84.5 Å². The third-order valence-corrected chi connectivity index (χ3v) is 6.28. The van der Waals surface area contributed by atoms with Crippen LogP contribution in [-0.2, 0) is 21.2 Å². The maximum absolute atomic E-state index is 12.6. The molecule has 7 heteroatoms. The van der Waals surface area contributed by atoms with Gasteiger partial charge in [0.1, 0.15) is 5.75 Å². The van der Waals surface area contributed by atoms with Crippen LogP contribution in [0.3, 0.4) is 0 Å². The van der Waals surface area contributed by atoms with Crippen molar-refractivity contribution in [2.24, 2.45) is 0 Å². The molecule has 31 heavy (non-hydrogen) atoms. The van der Waals surface area contributed by atoms with Crippen molar-refractivity contribution in [1.82, 2.24) is 0 Å². The Labute approximate surface area is 183 Å². The SMILES string of the molecule is CCc1cccc(C)c1NC(=O)COc1ccc(S(=O)(=O)Nc2ccccc2C)cc1. The average Bonchev–Trinajstić information content (AvgIpc) is 2.75. The van der Waals surface area contributed by atoms with E-state index in [0.29, 0.717) is 11.4 Å². The Morgan fingerprint density at radius 2 is 1.58 bits per heavy atom. The summed E-state index contributed by atoms with van der Waals surface area (Å²) in [7, 11) is -3.72. The second kappa shape index (κ2) is 9.66. The van der Waals surface area contributed by atoms with Gasteiger partial charge < -0.3 is 10.1 Å². The summed E-state index contributed by atoms with van der Waals surface area (Å²) in [5.74, 6) is 0.132. The van der Waals surface area contributed by atoms with Crippen LogP contribution in [0.5, 0.6) is 5.75 Å². The smallest absolute Gasteiger partial charge is 0.262 e. The lowest BCUT2D eigenvalue weighted by atomic mass is 10.1. The highest BCUT2D eigenvalue weighted by atomic mass is 32.2. The molecule has 1 amide bonds. The number of rotatable bonds is 8. The fourth-order valence-electron chi connectivity index (χ4n) is 3.13. The average molecular weight is 439 g/mol. The molecule has 0 spiro atoms. The fourth-order valence-corrected chi connectivity index (χ4v) is 4.26. The van der Waals surface area contributed by atoms with Crippen molar-refractivity contribution in [1.29, 1.82) is 0 Å². The van der Waals surface area contributed by atoms with Gasteiger partial charge in [0.05, 0.1) is 10.6 Å². The van der Waals surface area contributed by atoms with E-state index in [4.69, 9.17) is 4.74 Å². The van der Waals surface area contributed by atoms with E-state index in [-0.39, 0.29) is 17.4 Å². The van der Waals surface area contributed by atoms with Gasteiger partial charge in [-0.2, -0.15) is 0 Å². The standard InChI is InChI=1S/C24H26N2O4S/c1-4-19-10-7-9-18(3)24(19)25-23(27)16-30-20-12-14-21(15-13-20)31(28,29)26-22-11-6-5-8-17(22)2/h5-15,26H,4,16H2,1-3H3,(H,25,27). The number of sulfonamides is 1. The van der Waals surface area contributed by atoms with Crippen LogP contribution in [0.1, 0.15) is 23.6 Å². The van der Waals surface area contributed by atoms with Crippen LogP contribution in [0, 0.1) is 13.8 Å². The van der Waals surface area contributed by atoms with Crippen LogP contribution >= 0.6 is 0 Å². The van der Waals surface area contributed by atoms with Crippen LogP contribution < -0.4 is 14.8 Å². The summed E-state index contributed by atoms with van der Waals surface area (Å²) in [6.07, 6.45) is 0.810. The second-order valence-corrected chi connectivity index (χ2v) is 8.87. The minimum absolute atomic E-state index is 0.111. The first-order valence-electron chi connectivity index (χ1n) is 10.00. The minimum Gasteiger partial charge on any atom is -0.484 e. The highest BCUT2D eigenvalue weighted by Gasteiger charge is 2.15. The van der Waals surface area contributed by atoms with Crippen molar-refractivity contribution in [3.8, 4) is 5.75 Å². The zero-order valence-corrected chi connectivity index (χ0v) is 18.6. The van der Waals surface area contributed by atoms with E-state index in [2.05, 4.69) is 10.0 Å². The molecule has 0 saturated heterocycles. The molecule has 0 unspecified atom stereocenters. The maximum atomic E-state index is 12.6. The first kappa shape index (κ1) is 22.4. The van der Waals surface area contributed by atoms with E-state index in [1.165, 1.54) is 24.3 Å². The first-order chi connectivity index (χ1) is 14.8. The molecular formula is C24H26N2O4S. The van der Waals surface area contributed by atoms with E-state index < -0.39 is 10.0 Å². The summed E-state index contributed by atoms with van der Waals surface area (Å²) in [4.78, 5) is 12.4. The number of carbonyl (C=O) groups is 1. The molecule has 3 rings (SSSR count). The van der Waals surface area contributed by atoms with Crippen molar-refractivity contribution < 1.29 is 17.9 Å². The summed E-state index contributed by atoms with van der Waals surface area (Å²) in [6.45, 7) is 5.63. The Morgan fingerprint density at radius 1 is 0.903 bits per heavy atom. The summed E-state index contributed by atoms with van der Waals surface area (Å²) in [6, 6.07) is 19.0. The molecule has 0 fully saturated rings. The van der Waals surface area contributed by atoms with Gasteiger partial charge in [0, 0.05) is 5.69 Å². The normalized spacial score (nSPS) is 11.1. The van der Waals surface area contributed by atoms with Crippen molar-refractivity contribution in [3.05, 3.63) is 83.4 Å². The maximum Gasteiger partial charge on any atom is 0.262 e. The van der Waals surface area contributed by atoms with E-state index in [0.717, 1.165) is 28.8 Å². The van der Waals surface area contributed by atoms with Gasteiger partial charge in [-0.05, 0) is 67.3 Å². The van der Waals surface area contributed by atoms with Gasteiger partial charge in [-0.3, -0.25) is 9.52 Å². The molecule has 162 valence electrons. The Balaban J connectivity index is 1.62. The number of aryl methyl sites for hydroxylation is 3. The van der Waals surface area contributed by atoms with Crippen LogP contribution in [0.4, 0.5) is 11.4 Å². The van der Waals surface area contributed by atoms with Gasteiger partial charge in [0.25, 0.3) is 15.9 Å². The molecule has 0 aromatic heterocycles. The number of nitrogens with one attached hydrogen (secondary N) is 2. The van der Waals surface area contributed by atoms with Crippen LogP contribution in [-0.4, -0.2) is 20.9 Å². The number of anilines is 2. The first-order valence-corrected chi connectivity index (χ1v) is 11.5. The molecule has 2 N–H and O–H groups in total. The van der Waals surface area contributed by atoms with E-state index in [9.17, 15) is 13.2 Å². The fraction of sp³-hybridized carbons (Fsp3) is 0.208. The van der Waals surface area contributed by atoms with Crippen molar-refractivity contribution >= 4 is 27.3 Å². The van der Waals surface area contributed by atoms with Crippen LogP contribution in [0.25, 0.3) is 0 Å². The number of benzene rings is 3. The quantitative estimate of drug-likeness (QED) is 0.535. The summed E-state index contributed by atoms with van der Waals surface area (Å²) >= 11 is 0. The van der Waals surface area contributed by atoms with Crippen LogP contribution in [0.2, 0.25) is 0 Å². The molecule has 0 atom stereocenters. The third-order valence-electron chi connectivity index (χ3n) is 4.90. The number of para-hydroxylation sites is 2. The Morgan fingerprint density at radius 3 is 2.26 bits per heavy atom. The van der Waals surface area contributed by atoms with Gasteiger partial charge in [-0.1, -0.05) is 43.3 Å². The van der Waals surface area contributed by atoms with Crippen molar-refractivity contribution in [2.45, 2.75) is 32.1 Å². The molecule has 0 bridgehead atoms. The number of amides is 1. The highest BCUT2D eigenvalue weighted by molar-refractivity contribution is 7.92. The van der Waals surface area contributed by atoms with Gasteiger partial charge in [0.2, 0.25) is 0 Å². The highest BCUT2D eigenvalue weighted by Crippen LogP contribution is 2.23. The zero-order valence-electron chi connectivity index (χ0n) is 17.8. The molecule has 0 radical (unpaired) electrons. The molecule has 0 aliphatic carbocycles. The Kier molecular flexibility index (Phi) is 6.97. The van der Waals surface area contributed by atoms with E-state index in [1.807, 2.05) is 51.1 Å². The monoisotopic (exact) mass is 438 g/mol.